The van der Waals surface area contributed by atoms with E-state index in [0.29, 0.717) is 19.0 Å². The zero-order chi connectivity index (χ0) is 21.1. The Morgan fingerprint density at radius 1 is 0.967 bits per heavy atom. The number of sulfonamides is 1. The number of rotatable bonds is 3. The zero-order valence-corrected chi connectivity index (χ0v) is 17.7. The van der Waals surface area contributed by atoms with Crippen molar-refractivity contribution in [2.24, 2.45) is 4.40 Å². The second-order valence-electron chi connectivity index (χ2n) is 7.24. The van der Waals surface area contributed by atoms with Gasteiger partial charge in [0.25, 0.3) is 10.0 Å². The quantitative estimate of drug-likeness (QED) is 0.516. The van der Waals surface area contributed by atoms with Crippen LogP contribution in [0.2, 0.25) is 0 Å². The van der Waals surface area contributed by atoms with Gasteiger partial charge < -0.3 is 4.90 Å². The van der Waals surface area contributed by atoms with Crippen molar-refractivity contribution in [2.75, 3.05) is 11.9 Å². The van der Waals surface area contributed by atoms with Crippen LogP contribution >= 0.6 is 0 Å². The average molecular weight is 422 g/mol. The van der Waals surface area contributed by atoms with Crippen LogP contribution in [0.15, 0.2) is 70.0 Å². The summed E-state index contributed by atoms with van der Waals surface area (Å²) in [6.45, 7) is 4.93. The topological polar surface area (TPSA) is 87.5 Å². The van der Waals surface area contributed by atoms with E-state index >= 15 is 0 Å². The second kappa shape index (κ2) is 8.23. The summed E-state index contributed by atoms with van der Waals surface area (Å²) in [6.07, 6.45) is 0.802. The van der Waals surface area contributed by atoms with Crippen molar-refractivity contribution in [3.63, 3.8) is 0 Å². The first-order valence-corrected chi connectivity index (χ1v) is 11.2. The summed E-state index contributed by atoms with van der Waals surface area (Å²) in [7, 11) is -3.90. The van der Waals surface area contributed by atoms with Crippen molar-refractivity contribution in [3.8, 4) is 0 Å². The molecule has 0 unspecified atom stereocenters. The van der Waals surface area contributed by atoms with Gasteiger partial charge in [0, 0.05) is 24.5 Å². The second-order valence-corrected chi connectivity index (χ2v) is 8.85. The van der Waals surface area contributed by atoms with Gasteiger partial charge in [-0.15, -0.1) is 4.40 Å². The molecule has 0 atom stereocenters. The molecule has 1 aromatic heterocycles. The maximum atomic E-state index is 13.0. The Morgan fingerprint density at radius 2 is 1.60 bits per heavy atom. The molecular formula is C22H23N5O2S. The van der Waals surface area contributed by atoms with Crippen molar-refractivity contribution in [1.29, 1.82) is 0 Å². The summed E-state index contributed by atoms with van der Waals surface area (Å²) in [5, 5.41) is 3.06. The van der Waals surface area contributed by atoms with Crippen LogP contribution in [-0.2, 0) is 23.0 Å². The molecule has 30 heavy (non-hydrogen) atoms. The highest BCUT2D eigenvalue weighted by atomic mass is 32.2. The van der Waals surface area contributed by atoms with Gasteiger partial charge in [0.15, 0.2) is 0 Å². The third kappa shape index (κ3) is 4.49. The molecule has 154 valence electrons. The van der Waals surface area contributed by atoms with E-state index in [1.54, 1.807) is 18.2 Å². The molecule has 0 fully saturated rings. The molecule has 1 N–H and O–H groups in total. The average Bonchev–Trinajstić information content (AvgIpc) is 2.73. The fraction of sp³-hybridized carbons (Fsp3) is 0.227. The Hall–Kier alpha value is -3.26. The molecule has 0 amide bonds. The lowest BCUT2D eigenvalue weighted by molar-refractivity contribution is 0.393. The van der Waals surface area contributed by atoms with Gasteiger partial charge >= 0.3 is 0 Å². The van der Waals surface area contributed by atoms with E-state index in [4.69, 9.17) is 0 Å². The third-order valence-corrected chi connectivity index (χ3v) is 6.16. The molecule has 3 aromatic rings. The molecule has 2 aromatic carbocycles. The summed E-state index contributed by atoms with van der Waals surface area (Å²) in [5.74, 6) is 0.548. The van der Waals surface area contributed by atoms with E-state index in [-0.39, 0.29) is 10.9 Å². The summed E-state index contributed by atoms with van der Waals surface area (Å²) in [4.78, 5) is 10.8. The van der Waals surface area contributed by atoms with E-state index in [1.165, 1.54) is 17.7 Å². The molecule has 4 rings (SSSR count). The van der Waals surface area contributed by atoms with E-state index in [9.17, 15) is 8.42 Å². The maximum Gasteiger partial charge on any atom is 0.285 e. The number of anilines is 1. The van der Waals surface area contributed by atoms with Crippen molar-refractivity contribution in [3.05, 3.63) is 83.2 Å². The number of aryl methyl sites for hydroxylation is 2. The van der Waals surface area contributed by atoms with Gasteiger partial charge in [0.1, 0.15) is 0 Å². The minimum absolute atomic E-state index is 0.142. The minimum Gasteiger partial charge on any atom is -0.337 e. The van der Waals surface area contributed by atoms with Gasteiger partial charge in [0.2, 0.25) is 11.9 Å². The lowest BCUT2D eigenvalue weighted by Gasteiger charge is -2.31. The van der Waals surface area contributed by atoms with Crippen LogP contribution in [-0.4, -0.2) is 35.8 Å². The minimum atomic E-state index is -3.90. The van der Waals surface area contributed by atoms with E-state index in [2.05, 4.69) is 31.8 Å². The monoisotopic (exact) mass is 421 g/mol. The largest absolute Gasteiger partial charge is 0.337 e. The molecule has 1 aliphatic heterocycles. The number of aromatic nitrogens is 2. The molecule has 1 aliphatic rings. The molecule has 8 heteroatoms. The first kappa shape index (κ1) is 20.0. The molecule has 0 bridgehead atoms. The van der Waals surface area contributed by atoms with Crippen molar-refractivity contribution < 1.29 is 8.42 Å². The van der Waals surface area contributed by atoms with Crippen LogP contribution in [0, 0.1) is 13.8 Å². The number of benzene rings is 2. The molecule has 0 radical (unpaired) electrons. The van der Waals surface area contributed by atoms with Crippen molar-refractivity contribution >= 4 is 21.9 Å². The number of guanidine groups is 1. The van der Waals surface area contributed by atoms with Crippen LogP contribution in [0.4, 0.5) is 5.95 Å². The molecule has 0 spiro atoms. The van der Waals surface area contributed by atoms with E-state index in [0.717, 1.165) is 23.4 Å². The lowest BCUT2D eigenvalue weighted by Crippen LogP contribution is -2.41. The number of nitrogens with zero attached hydrogens (tertiary/aromatic N) is 4. The van der Waals surface area contributed by atoms with Crippen LogP contribution < -0.4 is 5.32 Å². The molecule has 0 saturated carbocycles. The number of nitrogens with one attached hydrogen (secondary N) is 1. The lowest BCUT2D eigenvalue weighted by atomic mass is 10.0. The first-order valence-electron chi connectivity index (χ1n) is 9.72. The number of fused-ring (bicyclic) bond motifs is 1. The summed E-state index contributed by atoms with van der Waals surface area (Å²) >= 11 is 0. The van der Waals surface area contributed by atoms with Gasteiger partial charge in [0.05, 0.1) is 4.90 Å². The maximum absolute atomic E-state index is 13.0. The molecular weight excluding hydrogens is 398 g/mol. The van der Waals surface area contributed by atoms with Crippen LogP contribution in [0.3, 0.4) is 0 Å². The van der Waals surface area contributed by atoms with Crippen LogP contribution in [0.5, 0.6) is 0 Å². The van der Waals surface area contributed by atoms with E-state index in [1.807, 2.05) is 36.9 Å². The van der Waals surface area contributed by atoms with Gasteiger partial charge in [-0.05, 0) is 49.6 Å². The summed E-state index contributed by atoms with van der Waals surface area (Å²) in [6, 6.07) is 18.2. The Kier molecular flexibility index (Phi) is 5.50. The highest BCUT2D eigenvalue weighted by molar-refractivity contribution is 7.90. The van der Waals surface area contributed by atoms with Gasteiger partial charge in [-0.2, -0.15) is 8.42 Å². The molecule has 2 heterocycles. The fourth-order valence-corrected chi connectivity index (χ4v) is 4.47. The number of hydrogen-bond donors (Lipinski definition) is 1. The highest BCUT2D eigenvalue weighted by Gasteiger charge is 2.23. The Balaban J connectivity index is 1.73. The Labute approximate surface area is 176 Å². The zero-order valence-electron chi connectivity index (χ0n) is 16.9. The van der Waals surface area contributed by atoms with Crippen LogP contribution in [0.1, 0.15) is 22.5 Å². The SMILES string of the molecule is Cc1cc(C)nc(N/C(=N\S(=O)(=O)c2ccccc2)N2CCc3ccccc3C2)n1. The predicted molar refractivity (Wildman–Crippen MR) is 117 cm³/mol. The van der Waals surface area contributed by atoms with Gasteiger partial charge in [-0.25, -0.2) is 9.97 Å². The van der Waals surface area contributed by atoms with Crippen molar-refractivity contribution in [2.45, 2.75) is 31.7 Å². The standard InChI is InChI=1S/C22H23N5O2S/c1-16-14-17(2)24-21(23-16)25-22(26-30(28,29)20-10-4-3-5-11-20)27-13-12-18-8-6-7-9-19(18)15-27/h3-11,14H,12-13,15H2,1-2H3,(H,23,24,25,26). The smallest absolute Gasteiger partial charge is 0.285 e. The van der Waals surface area contributed by atoms with E-state index < -0.39 is 10.0 Å². The fourth-order valence-electron chi connectivity index (χ4n) is 3.48. The summed E-state index contributed by atoms with van der Waals surface area (Å²) < 4.78 is 30.1. The van der Waals surface area contributed by atoms with Crippen molar-refractivity contribution in [1.82, 2.24) is 14.9 Å². The first-order chi connectivity index (χ1) is 14.4. The highest BCUT2D eigenvalue weighted by Crippen LogP contribution is 2.21. The number of hydrogen-bond acceptors (Lipinski definition) is 4. The Bertz CT molecular complexity index is 1170. The molecule has 0 saturated heterocycles. The molecule has 7 nitrogen and oxygen atoms in total. The third-order valence-electron chi connectivity index (χ3n) is 4.88. The van der Waals surface area contributed by atoms with Gasteiger partial charge in [-0.1, -0.05) is 42.5 Å². The predicted octanol–water partition coefficient (Wildman–Crippen LogP) is 3.31. The molecule has 0 aliphatic carbocycles. The normalized spacial score (nSPS) is 14.3. The summed E-state index contributed by atoms with van der Waals surface area (Å²) in [5.41, 5.74) is 4.00. The van der Waals surface area contributed by atoms with Crippen LogP contribution in [0.25, 0.3) is 0 Å². The Morgan fingerprint density at radius 3 is 2.30 bits per heavy atom. The van der Waals surface area contributed by atoms with Gasteiger partial charge in [-0.3, -0.25) is 5.32 Å².